The first-order chi connectivity index (χ1) is 30.3. The van der Waals surface area contributed by atoms with Crippen LogP contribution >= 0.6 is 11.3 Å². The summed E-state index contributed by atoms with van der Waals surface area (Å²) < 4.78 is 59.1. The molecular formula is C53H49IrN3S-2. The maximum absolute atomic E-state index is 8.16. The third kappa shape index (κ3) is 7.96. The molecule has 293 valence electrons. The van der Waals surface area contributed by atoms with Gasteiger partial charge in [0.15, 0.2) is 0 Å². The van der Waals surface area contributed by atoms with Crippen LogP contribution in [0.2, 0.25) is 0 Å². The van der Waals surface area contributed by atoms with Gasteiger partial charge in [0.1, 0.15) is 0 Å². The van der Waals surface area contributed by atoms with E-state index in [4.69, 9.17) is 14.6 Å². The second-order valence-corrected chi connectivity index (χ2v) is 16.3. The predicted molar refractivity (Wildman–Crippen MR) is 244 cm³/mol. The minimum atomic E-state index is -2.26. The van der Waals surface area contributed by atoms with E-state index in [0.29, 0.717) is 16.8 Å². The summed E-state index contributed by atoms with van der Waals surface area (Å²) in [6.07, 6.45) is 1.36. The van der Waals surface area contributed by atoms with Crippen molar-refractivity contribution in [3.05, 3.63) is 174 Å². The molecule has 0 saturated carbocycles. The van der Waals surface area contributed by atoms with Crippen molar-refractivity contribution in [2.45, 2.75) is 73.0 Å². The van der Waals surface area contributed by atoms with Crippen LogP contribution in [0.25, 0.3) is 70.7 Å². The molecule has 9 rings (SSSR count). The summed E-state index contributed by atoms with van der Waals surface area (Å²) in [5.74, 6) is 0.372. The van der Waals surface area contributed by atoms with E-state index >= 15 is 0 Å². The number of para-hydroxylation sites is 2. The number of nitrogens with zero attached hydrogens (tertiary/aromatic N) is 3. The zero-order chi connectivity index (χ0) is 45.7. The first-order valence-corrected chi connectivity index (χ1v) is 20.2. The summed E-state index contributed by atoms with van der Waals surface area (Å²) in [4.78, 5) is 9.48. The molecule has 58 heavy (non-hydrogen) atoms. The Balaban J connectivity index is 0.000000253. The minimum Gasteiger partial charge on any atom is -0.333 e. The molecule has 5 heteroatoms. The predicted octanol–water partition coefficient (Wildman–Crippen LogP) is 15.1. The summed E-state index contributed by atoms with van der Waals surface area (Å²) in [5.41, 5.74) is 11.4. The molecular weight excluding hydrogens is 903 g/mol. The average Bonchev–Trinajstić information content (AvgIpc) is 3.84. The molecule has 0 bridgehead atoms. The number of fused-ring (bicyclic) bond motifs is 4. The maximum Gasteiger partial charge on any atom is 0.0774 e. The number of aromatic nitrogens is 3. The number of benzene rings is 6. The summed E-state index contributed by atoms with van der Waals surface area (Å²) in [5, 5.41) is 2.14. The van der Waals surface area contributed by atoms with Gasteiger partial charge in [-0.15, -0.1) is 54.1 Å². The molecule has 3 aromatic heterocycles. The topological polar surface area (TPSA) is 30.7 Å². The molecule has 0 unspecified atom stereocenters. The van der Waals surface area contributed by atoms with Gasteiger partial charge in [-0.2, -0.15) is 11.3 Å². The standard InChI is InChI=1S/C38H33N2S.C15H16N.Ir/c1-23(2)31-21-27(26-12-7-6-8-13-26)22-32(24(3)4)36(31)40-34-17-10-9-16-33(34)39-38(40)30-15-11-14-29-28-19-18-25(5)20-35(28)41-37(29)30;1-11(2)14-9-15(16-10-12(14)3)13-7-5-4-6-8-13;/h6-14,16-24H,1-5H3;4-7,9-11H,1-3H3;/q2*-1;/i5D3;3D3,11D;. The molecule has 0 aliphatic carbocycles. The van der Waals surface area contributed by atoms with Crippen molar-refractivity contribution in [3.8, 4) is 39.5 Å². The normalized spacial score (nSPS) is 13.8. The van der Waals surface area contributed by atoms with Gasteiger partial charge in [0.2, 0.25) is 0 Å². The Hall–Kier alpha value is -5.19. The summed E-state index contributed by atoms with van der Waals surface area (Å²) in [6.45, 7) is 7.98. The van der Waals surface area contributed by atoms with Crippen LogP contribution in [-0.4, -0.2) is 14.5 Å². The monoisotopic (exact) mass is 959 g/mol. The van der Waals surface area contributed by atoms with Gasteiger partial charge in [0, 0.05) is 46.3 Å². The average molecular weight is 959 g/mol. The molecule has 6 aromatic carbocycles. The summed E-state index contributed by atoms with van der Waals surface area (Å²) in [7, 11) is 0. The van der Waals surface area contributed by atoms with Crippen LogP contribution in [0.5, 0.6) is 0 Å². The number of hydrogen-bond acceptors (Lipinski definition) is 3. The van der Waals surface area contributed by atoms with E-state index in [2.05, 4.69) is 116 Å². The number of hydrogen-bond donors (Lipinski definition) is 0. The van der Waals surface area contributed by atoms with Gasteiger partial charge >= 0.3 is 0 Å². The molecule has 3 heterocycles. The molecule has 0 N–H and O–H groups in total. The second kappa shape index (κ2) is 17.3. The van der Waals surface area contributed by atoms with Crippen LogP contribution in [0.1, 0.15) is 96.7 Å². The SMILES string of the molecule is [2H]C([2H])([2H])c1ccc2c(c1)sc1c(-c3nc4ccccc4n3-c3c(C(C)C)cc(-c4ccccc4)cc3C(C)C)[c-]ccc12.[2H]C([2H])([2H])c1cnc(-c2[c-]cccc2)cc1C([2H])(C)C.[Ir]. The van der Waals surface area contributed by atoms with Crippen molar-refractivity contribution in [2.24, 2.45) is 0 Å². The molecule has 0 aliphatic rings. The van der Waals surface area contributed by atoms with Gasteiger partial charge in [-0.3, -0.25) is 4.98 Å². The second-order valence-electron chi connectivity index (χ2n) is 15.2. The van der Waals surface area contributed by atoms with Crippen molar-refractivity contribution in [2.75, 3.05) is 0 Å². The Bertz CT molecular complexity index is 3100. The zero-order valence-electron chi connectivity index (χ0n) is 40.4. The smallest absolute Gasteiger partial charge is 0.0774 e. The van der Waals surface area contributed by atoms with E-state index < -0.39 is 19.6 Å². The fourth-order valence-corrected chi connectivity index (χ4v) is 8.75. The van der Waals surface area contributed by atoms with Gasteiger partial charge in [-0.05, 0) is 116 Å². The fourth-order valence-electron chi connectivity index (χ4n) is 7.51. The van der Waals surface area contributed by atoms with Gasteiger partial charge in [0.25, 0.3) is 0 Å². The third-order valence-electron chi connectivity index (χ3n) is 10.4. The molecule has 0 atom stereocenters. The summed E-state index contributed by atoms with van der Waals surface area (Å²) in [6, 6.07) is 48.8. The fraction of sp³-hybridized carbons (Fsp3) is 0.208. The first kappa shape index (κ1) is 32.7. The number of imidazole rings is 1. The van der Waals surface area contributed by atoms with Crippen LogP contribution in [0.4, 0.5) is 0 Å². The number of pyridine rings is 1. The van der Waals surface area contributed by atoms with Gasteiger partial charge in [0.05, 0.1) is 16.9 Å². The van der Waals surface area contributed by atoms with Crippen molar-refractivity contribution in [3.63, 3.8) is 0 Å². The Morgan fingerprint density at radius 3 is 2.12 bits per heavy atom. The van der Waals surface area contributed by atoms with Crippen molar-refractivity contribution >= 4 is 42.5 Å². The van der Waals surface area contributed by atoms with E-state index in [1.54, 1.807) is 43.4 Å². The van der Waals surface area contributed by atoms with Crippen LogP contribution < -0.4 is 0 Å². The Morgan fingerprint density at radius 1 is 0.690 bits per heavy atom. The van der Waals surface area contributed by atoms with Gasteiger partial charge in [-0.25, -0.2) is 0 Å². The van der Waals surface area contributed by atoms with Gasteiger partial charge in [-0.1, -0.05) is 113 Å². The Labute approximate surface area is 371 Å². The van der Waals surface area contributed by atoms with Crippen LogP contribution in [0.3, 0.4) is 0 Å². The molecule has 0 fully saturated rings. The molecule has 3 nitrogen and oxygen atoms in total. The minimum absolute atomic E-state index is 0. The molecule has 9 aromatic rings. The van der Waals surface area contributed by atoms with Crippen molar-refractivity contribution < 1.29 is 29.7 Å². The largest absolute Gasteiger partial charge is 0.333 e. The number of thiophene rings is 1. The van der Waals surface area contributed by atoms with Gasteiger partial charge < -0.3 is 9.55 Å². The molecule has 0 aliphatic heterocycles. The van der Waals surface area contributed by atoms with E-state index in [1.807, 2.05) is 42.5 Å². The zero-order valence-corrected chi connectivity index (χ0v) is 36.7. The maximum atomic E-state index is 8.16. The van der Waals surface area contributed by atoms with E-state index in [-0.39, 0.29) is 37.5 Å². The van der Waals surface area contributed by atoms with E-state index in [1.165, 1.54) is 34.1 Å². The molecule has 1 radical (unpaired) electrons. The van der Waals surface area contributed by atoms with Crippen LogP contribution in [0.15, 0.2) is 134 Å². The molecule has 0 saturated heterocycles. The van der Waals surface area contributed by atoms with E-state index in [9.17, 15) is 0 Å². The van der Waals surface area contributed by atoms with Crippen LogP contribution in [0, 0.1) is 25.8 Å². The molecule has 0 spiro atoms. The molecule has 0 amide bonds. The third-order valence-corrected chi connectivity index (χ3v) is 11.6. The van der Waals surface area contributed by atoms with Crippen LogP contribution in [-0.2, 0) is 20.1 Å². The van der Waals surface area contributed by atoms with Crippen molar-refractivity contribution in [1.82, 2.24) is 14.5 Å². The Kier molecular flexibility index (Phi) is 9.79. The van der Waals surface area contributed by atoms with Crippen molar-refractivity contribution in [1.29, 1.82) is 0 Å². The number of rotatable bonds is 7. The number of aryl methyl sites for hydroxylation is 2. The summed E-state index contributed by atoms with van der Waals surface area (Å²) >= 11 is 1.61. The first-order valence-electron chi connectivity index (χ1n) is 22.9. The van der Waals surface area contributed by atoms with E-state index in [0.717, 1.165) is 48.2 Å². The quantitative estimate of drug-likeness (QED) is 0.149. The Morgan fingerprint density at radius 2 is 1.43 bits per heavy atom.